The number of nitrogens with one attached hydrogen (secondary N) is 1. The fraction of sp³-hybridized carbons (Fsp3) is 0.100. The standard InChI is InChI=1S/C10H11N3O2/c1-5-2-3-6(9(15)8(5)14)7-4-12-13-10(7)11/h2-4,14-15H,1H3,(H3,11,12,13). The van der Waals surface area contributed by atoms with Crippen LogP contribution in [0, 0.1) is 6.92 Å². The Balaban J connectivity index is 2.65. The topological polar surface area (TPSA) is 95.2 Å². The van der Waals surface area contributed by atoms with Gasteiger partial charge in [0.1, 0.15) is 5.82 Å². The van der Waals surface area contributed by atoms with Gasteiger partial charge in [-0.1, -0.05) is 6.07 Å². The highest BCUT2D eigenvalue weighted by molar-refractivity contribution is 5.80. The lowest BCUT2D eigenvalue weighted by atomic mass is 10.0. The molecule has 0 aliphatic heterocycles. The molecule has 5 N–H and O–H groups in total. The highest BCUT2D eigenvalue weighted by Gasteiger charge is 2.13. The summed E-state index contributed by atoms with van der Waals surface area (Å²) >= 11 is 0. The van der Waals surface area contributed by atoms with E-state index in [0.29, 0.717) is 22.5 Å². The molecule has 15 heavy (non-hydrogen) atoms. The van der Waals surface area contributed by atoms with Gasteiger partial charge in [0.15, 0.2) is 11.5 Å². The maximum atomic E-state index is 9.73. The number of hydrogen-bond donors (Lipinski definition) is 4. The summed E-state index contributed by atoms with van der Waals surface area (Å²) in [6, 6.07) is 3.39. The van der Waals surface area contributed by atoms with Gasteiger partial charge in [0.05, 0.1) is 6.20 Å². The summed E-state index contributed by atoms with van der Waals surface area (Å²) in [5.74, 6) is 0.0461. The third-order valence-corrected chi connectivity index (χ3v) is 2.31. The molecule has 78 valence electrons. The fourth-order valence-electron chi connectivity index (χ4n) is 1.41. The monoisotopic (exact) mass is 205 g/mol. The Morgan fingerprint density at radius 2 is 1.93 bits per heavy atom. The molecule has 0 fully saturated rings. The molecule has 1 heterocycles. The lowest BCUT2D eigenvalue weighted by Gasteiger charge is -2.07. The number of anilines is 1. The van der Waals surface area contributed by atoms with Gasteiger partial charge < -0.3 is 15.9 Å². The first kappa shape index (κ1) is 9.39. The summed E-state index contributed by atoms with van der Waals surface area (Å²) in [7, 11) is 0. The van der Waals surface area contributed by atoms with Crippen LogP contribution in [-0.2, 0) is 0 Å². The van der Waals surface area contributed by atoms with Crippen LogP contribution in [0.25, 0.3) is 11.1 Å². The predicted octanol–water partition coefficient (Wildman–Crippen LogP) is 1.38. The van der Waals surface area contributed by atoms with E-state index in [-0.39, 0.29) is 11.5 Å². The zero-order valence-corrected chi connectivity index (χ0v) is 8.15. The van der Waals surface area contributed by atoms with Crippen molar-refractivity contribution < 1.29 is 10.2 Å². The number of phenolic OH excluding ortho intramolecular Hbond substituents is 2. The lowest BCUT2D eigenvalue weighted by Crippen LogP contribution is -1.88. The number of aromatic hydroxyl groups is 2. The molecule has 0 bridgehead atoms. The van der Waals surface area contributed by atoms with Crippen LogP contribution in [0.1, 0.15) is 5.56 Å². The molecule has 0 saturated heterocycles. The number of phenols is 2. The van der Waals surface area contributed by atoms with E-state index in [9.17, 15) is 10.2 Å². The minimum Gasteiger partial charge on any atom is -0.504 e. The van der Waals surface area contributed by atoms with Crippen molar-refractivity contribution in [3.63, 3.8) is 0 Å². The van der Waals surface area contributed by atoms with Crippen molar-refractivity contribution in [1.29, 1.82) is 0 Å². The molecule has 0 saturated carbocycles. The summed E-state index contributed by atoms with van der Waals surface area (Å²) < 4.78 is 0. The molecule has 0 aliphatic carbocycles. The van der Waals surface area contributed by atoms with Gasteiger partial charge in [0, 0.05) is 11.1 Å². The van der Waals surface area contributed by atoms with Crippen LogP contribution in [0.3, 0.4) is 0 Å². The van der Waals surface area contributed by atoms with Crippen molar-refractivity contribution in [2.75, 3.05) is 5.73 Å². The lowest BCUT2D eigenvalue weighted by molar-refractivity contribution is 0.402. The van der Waals surface area contributed by atoms with Gasteiger partial charge in [-0.2, -0.15) is 5.10 Å². The fourth-order valence-corrected chi connectivity index (χ4v) is 1.41. The van der Waals surface area contributed by atoms with Crippen LogP contribution >= 0.6 is 0 Å². The number of nitrogens with two attached hydrogens (primary N) is 1. The van der Waals surface area contributed by atoms with Crippen LogP contribution in [0.15, 0.2) is 18.3 Å². The van der Waals surface area contributed by atoms with E-state index >= 15 is 0 Å². The molecule has 5 nitrogen and oxygen atoms in total. The summed E-state index contributed by atoms with van der Waals surface area (Å²) in [4.78, 5) is 0. The number of H-pyrrole nitrogens is 1. The highest BCUT2D eigenvalue weighted by atomic mass is 16.3. The normalized spacial score (nSPS) is 10.5. The Hall–Kier alpha value is -2.17. The van der Waals surface area contributed by atoms with Crippen LogP contribution in [0.5, 0.6) is 11.5 Å². The largest absolute Gasteiger partial charge is 0.504 e. The van der Waals surface area contributed by atoms with E-state index < -0.39 is 0 Å². The minimum absolute atomic E-state index is 0.131. The number of nitrogens with zero attached hydrogens (tertiary/aromatic N) is 1. The number of aromatic amines is 1. The highest BCUT2D eigenvalue weighted by Crippen LogP contribution is 2.39. The Labute approximate surface area is 86.2 Å². The number of benzene rings is 1. The van der Waals surface area contributed by atoms with Gasteiger partial charge in [0.2, 0.25) is 0 Å². The van der Waals surface area contributed by atoms with Crippen molar-refractivity contribution >= 4 is 5.82 Å². The Morgan fingerprint density at radius 1 is 1.20 bits per heavy atom. The van der Waals surface area contributed by atoms with E-state index in [0.717, 1.165) is 0 Å². The van der Waals surface area contributed by atoms with E-state index in [2.05, 4.69) is 10.2 Å². The van der Waals surface area contributed by atoms with Crippen molar-refractivity contribution in [3.8, 4) is 22.6 Å². The molecule has 2 aromatic rings. The molecular weight excluding hydrogens is 194 g/mol. The first-order valence-corrected chi connectivity index (χ1v) is 4.42. The molecule has 0 radical (unpaired) electrons. The summed E-state index contributed by atoms with van der Waals surface area (Å²) in [5.41, 5.74) is 7.26. The molecule has 5 heteroatoms. The molecule has 2 rings (SSSR count). The van der Waals surface area contributed by atoms with E-state index in [4.69, 9.17) is 5.73 Å². The maximum absolute atomic E-state index is 9.73. The minimum atomic E-state index is -0.178. The SMILES string of the molecule is Cc1ccc(-c2cn[nH]c2N)c(O)c1O. The molecule has 1 aromatic carbocycles. The van der Waals surface area contributed by atoms with E-state index in [1.165, 1.54) is 6.20 Å². The second-order valence-electron chi connectivity index (χ2n) is 3.32. The molecule has 0 amide bonds. The Kier molecular flexibility index (Phi) is 2.00. The number of rotatable bonds is 1. The van der Waals surface area contributed by atoms with Gasteiger partial charge in [-0.3, -0.25) is 5.10 Å². The molecule has 0 spiro atoms. The molecule has 0 unspecified atom stereocenters. The average Bonchev–Trinajstić information content (AvgIpc) is 2.62. The van der Waals surface area contributed by atoms with Gasteiger partial charge in [0.25, 0.3) is 0 Å². The second-order valence-corrected chi connectivity index (χ2v) is 3.32. The first-order chi connectivity index (χ1) is 7.11. The van der Waals surface area contributed by atoms with Crippen LogP contribution < -0.4 is 5.73 Å². The second kappa shape index (κ2) is 3.20. The first-order valence-electron chi connectivity index (χ1n) is 4.42. The van der Waals surface area contributed by atoms with Gasteiger partial charge in [-0.25, -0.2) is 0 Å². The third-order valence-electron chi connectivity index (χ3n) is 2.31. The van der Waals surface area contributed by atoms with Crippen molar-refractivity contribution in [2.24, 2.45) is 0 Å². The van der Waals surface area contributed by atoms with E-state index in [1.807, 2.05) is 0 Å². The van der Waals surface area contributed by atoms with Crippen molar-refractivity contribution in [2.45, 2.75) is 6.92 Å². The number of nitrogen functional groups attached to an aromatic ring is 1. The van der Waals surface area contributed by atoms with Gasteiger partial charge >= 0.3 is 0 Å². The maximum Gasteiger partial charge on any atom is 0.165 e. The van der Waals surface area contributed by atoms with E-state index in [1.54, 1.807) is 19.1 Å². The number of hydrogen-bond acceptors (Lipinski definition) is 4. The summed E-state index contributed by atoms with van der Waals surface area (Å²) in [5, 5.41) is 25.6. The summed E-state index contributed by atoms with van der Waals surface area (Å²) in [6.45, 7) is 1.71. The van der Waals surface area contributed by atoms with Gasteiger partial charge in [-0.05, 0) is 18.6 Å². The molecule has 0 aliphatic rings. The zero-order chi connectivity index (χ0) is 11.0. The van der Waals surface area contributed by atoms with Gasteiger partial charge in [-0.15, -0.1) is 0 Å². The Morgan fingerprint density at radius 3 is 2.53 bits per heavy atom. The Bertz CT molecular complexity index is 505. The van der Waals surface area contributed by atoms with Crippen LogP contribution in [-0.4, -0.2) is 20.4 Å². The smallest absolute Gasteiger partial charge is 0.165 e. The summed E-state index contributed by atoms with van der Waals surface area (Å²) in [6.07, 6.45) is 1.50. The quantitative estimate of drug-likeness (QED) is 0.529. The van der Waals surface area contributed by atoms with Crippen molar-refractivity contribution in [3.05, 3.63) is 23.9 Å². The third kappa shape index (κ3) is 1.38. The molecule has 1 aromatic heterocycles. The van der Waals surface area contributed by atoms with Crippen molar-refractivity contribution in [1.82, 2.24) is 10.2 Å². The van der Waals surface area contributed by atoms with Crippen LogP contribution in [0.4, 0.5) is 5.82 Å². The molecule has 0 atom stereocenters. The number of aromatic nitrogens is 2. The number of aryl methyl sites for hydroxylation is 1. The molecular formula is C10H11N3O2. The van der Waals surface area contributed by atoms with Crippen LogP contribution in [0.2, 0.25) is 0 Å². The predicted molar refractivity (Wildman–Crippen MR) is 56.5 cm³/mol. The zero-order valence-electron chi connectivity index (χ0n) is 8.15. The average molecular weight is 205 g/mol.